The molecule has 1 atom stereocenters. The number of fused-ring (bicyclic) bond motifs is 1. The first-order chi connectivity index (χ1) is 15.6. The fraction of sp³-hybridized carbons (Fsp3) is 0.400. The van der Waals surface area contributed by atoms with Crippen molar-refractivity contribution in [3.63, 3.8) is 0 Å². The van der Waals surface area contributed by atoms with Crippen molar-refractivity contribution >= 4 is 23.8 Å². The standard InChI is InChI=1S/C25H29N5OS/c1-2-30-23(26-27-25(30)32)21-8-5-14-29(17-21)24(31)19-9-11-22(12-10-19)28-15-13-18-6-3-4-7-20(18)16-28/h3-4,6-7,9-12,21H,2,5,8,13-17H2,1H3,(H,27,32). The zero-order chi connectivity index (χ0) is 22.1. The number of H-pyrrole nitrogens is 1. The van der Waals surface area contributed by atoms with Gasteiger partial charge in [0.15, 0.2) is 4.77 Å². The lowest BCUT2D eigenvalue weighted by molar-refractivity contribution is 0.0703. The number of hydrogen-bond donors (Lipinski definition) is 1. The van der Waals surface area contributed by atoms with Crippen LogP contribution in [0.15, 0.2) is 48.5 Å². The second kappa shape index (κ2) is 8.90. The average molecular weight is 448 g/mol. The van der Waals surface area contributed by atoms with Crippen molar-refractivity contribution < 1.29 is 4.79 Å². The van der Waals surface area contributed by atoms with Crippen LogP contribution in [0, 0.1) is 4.77 Å². The summed E-state index contributed by atoms with van der Waals surface area (Å²) in [6, 6.07) is 16.8. The normalized spacial score (nSPS) is 18.5. The summed E-state index contributed by atoms with van der Waals surface area (Å²) in [6.45, 7) is 6.26. The number of hydrogen-bond acceptors (Lipinski definition) is 4. The number of anilines is 1. The molecule has 0 bridgehead atoms. The highest BCUT2D eigenvalue weighted by atomic mass is 32.1. The van der Waals surface area contributed by atoms with E-state index < -0.39 is 0 Å². The van der Waals surface area contributed by atoms with E-state index in [-0.39, 0.29) is 11.8 Å². The first-order valence-corrected chi connectivity index (χ1v) is 11.9. The number of aromatic nitrogens is 3. The van der Waals surface area contributed by atoms with Gasteiger partial charge in [-0.2, -0.15) is 5.10 Å². The average Bonchev–Trinajstić information content (AvgIpc) is 3.23. The summed E-state index contributed by atoms with van der Waals surface area (Å²) in [5, 5.41) is 7.37. The molecule has 0 aliphatic carbocycles. The number of nitrogens with one attached hydrogen (secondary N) is 1. The maximum absolute atomic E-state index is 13.2. The monoisotopic (exact) mass is 447 g/mol. The molecule has 1 amide bonds. The van der Waals surface area contributed by atoms with Crippen molar-refractivity contribution in [1.29, 1.82) is 0 Å². The molecule has 1 unspecified atom stereocenters. The lowest BCUT2D eigenvalue weighted by Crippen LogP contribution is -2.39. The number of piperidine rings is 1. The molecule has 1 fully saturated rings. The Morgan fingerprint density at radius 3 is 2.69 bits per heavy atom. The Morgan fingerprint density at radius 2 is 1.91 bits per heavy atom. The molecule has 5 rings (SSSR count). The van der Waals surface area contributed by atoms with Crippen LogP contribution in [-0.4, -0.2) is 45.2 Å². The van der Waals surface area contributed by atoms with Gasteiger partial charge in [-0.15, -0.1) is 0 Å². The summed E-state index contributed by atoms with van der Waals surface area (Å²) >= 11 is 5.35. The van der Waals surface area contributed by atoms with Crippen molar-refractivity contribution in [3.05, 3.63) is 75.8 Å². The van der Waals surface area contributed by atoms with Crippen LogP contribution >= 0.6 is 12.2 Å². The van der Waals surface area contributed by atoms with Gasteiger partial charge in [0.25, 0.3) is 5.91 Å². The molecule has 3 heterocycles. The fourth-order valence-electron chi connectivity index (χ4n) is 5.03. The van der Waals surface area contributed by atoms with Gasteiger partial charge in [0, 0.05) is 49.9 Å². The quantitative estimate of drug-likeness (QED) is 0.597. The largest absolute Gasteiger partial charge is 0.367 e. The molecule has 1 aromatic heterocycles. The maximum Gasteiger partial charge on any atom is 0.253 e. The molecule has 2 aliphatic rings. The van der Waals surface area contributed by atoms with Gasteiger partial charge < -0.3 is 14.4 Å². The third kappa shape index (κ3) is 3.97. The van der Waals surface area contributed by atoms with E-state index in [4.69, 9.17) is 12.2 Å². The topological polar surface area (TPSA) is 57.2 Å². The summed E-state index contributed by atoms with van der Waals surface area (Å²) in [5.41, 5.74) is 4.76. The maximum atomic E-state index is 13.2. The van der Waals surface area contributed by atoms with E-state index in [0.717, 1.165) is 56.8 Å². The van der Waals surface area contributed by atoms with Crippen molar-refractivity contribution in [2.75, 3.05) is 24.5 Å². The molecular weight excluding hydrogens is 418 g/mol. The van der Waals surface area contributed by atoms with Crippen LogP contribution in [0.2, 0.25) is 0 Å². The van der Waals surface area contributed by atoms with E-state index >= 15 is 0 Å². The molecule has 2 aliphatic heterocycles. The SMILES string of the molecule is CCn1c(C2CCCN(C(=O)c3ccc(N4CCc5ccccc5C4)cc3)C2)n[nH]c1=S. The van der Waals surface area contributed by atoms with Crippen LogP contribution < -0.4 is 4.90 Å². The number of aromatic amines is 1. The molecule has 3 aromatic rings. The molecule has 7 heteroatoms. The van der Waals surface area contributed by atoms with Crippen LogP contribution in [0.4, 0.5) is 5.69 Å². The Labute approximate surface area is 193 Å². The second-order valence-electron chi connectivity index (χ2n) is 8.71. The van der Waals surface area contributed by atoms with Crippen molar-refractivity contribution in [2.45, 2.75) is 45.2 Å². The Hall–Kier alpha value is -2.93. The second-order valence-corrected chi connectivity index (χ2v) is 9.10. The Bertz CT molecular complexity index is 1170. The first kappa shape index (κ1) is 20.9. The van der Waals surface area contributed by atoms with Crippen LogP contribution in [-0.2, 0) is 19.5 Å². The Kier molecular flexibility index (Phi) is 5.83. The molecule has 6 nitrogen and oxygen atoms in total. The first-order valence-electron chi connectivity index (χ1n) is 11.5. The lowest BCUT2D eigenvalue weighted by Gasteiger charge is -2.33. The van der Waals surface area contributed by atoms with Gasteiger partial charge in [0.2, 0.25) is 0 Å². The lowest BCUT2D eigenvalue weighted by atomic mass is 9.96. The Balaban J connectivity index is 1.28. The zero-order valence-electron chi connectivity index (χ0n) is 18.5. The molecule has 32 heavy (non-hydrogen) atoms. The van der Waals surface area contributed by atoms with Crippen LogP contribution in [0.3, 0.4) is 0 Å². The predicted molar refractivity (Wildman–Crippen MR) is 129 cm³/mol. The number of carbonyl (C=O) groups is 1. The van der Waals surface area contributed by atoms with E-state index in [1.165, 1.54) is 16.8 Å². The number of carbonyl (C=O) groups excluding carboxylic acids is 1. The molecule has 1 N–H and O–H groups in total. The molecule has 2 aromatic carbocycles. The van der Waals surface area contributed by atoms with Crippen molar-refractivity contribution in [3.8, 4) is 0 Å². The summed E-state index contributed by atoms with van der Waals surface area (Å²) < 4.78 is 2.70. The van der Waals surface area contributed by atoms with E-state index in [0.29, 0.717) is 11.3 Å². The minimum Gasteiger partial charge on any atom is -0.367 e. The summed E-state index contributed by atoms with van der Waals surface area (Å²) in [7, 11) is 0. The third-order valence-corrected chi connectivity index (χ3v) is 7.10. The van der Waals surface area contributed by atoms with Gasteiger partial charge in [0.1, 0.15) is 5.82 Å². The van der Waals surface area contributed by atoms with Gasteiger partial charge in [-0.25, -0.2) is 0 Å². The van der Waals surface area contributed by atoms with E-state index in [1.54, 1.807) is 0 Å². The minimum atomic E-state index is 0.0995. The third-order valence-electron chi connectivity index (χ3n) is 6.79. The van der Waals surface area contributed by atoms with Crippen molar-refractivity contribution in [2.24, 2.45) is 0 Å². The van der Waals surface area contributed by atoms with Gasteiger partial charge in [-0.1, -0.05) is 24.3 Å². The van der Waals surface area contributed by atoms with E-state index in [9.17, 15) is 4.79 Å². The van der Waals surface area contributed by atoms with Crippen LogP contribution in [0.25, 0.3) is 0 Å². The smallest absolute Gasteiger partial charge is 0.253 e. The molecule has 0 radical (unpaired) electrons. The van der Waals surface area contributed by atoms with E-state index in [1.807, 2.05) is 21.6 Å². The highest BCUT2D eigenvalue weighted by Gasteiger charge is 2.28. The predicted octanol–water partition coefficient (Wildman–Crippen LogP) is 4.54. The molecule has 1 saturated heterocycles. The van der Waals surface area contributed by atoms with Gasteiger partial charge in [-0.05, 0) is 73.8 Å². The van der Waals surface area contributed by atoms with Gasteiger partial charge >= 0.3 is 0 Å². The van der Waals surface area contributed by atoms with Gasteiger partial charge in [0.05, 0.1) is 0 Å². The Morgan fingerprint density at radius 1 is 1.12 bits per heavy atom. The summed E-state index contributed by atoms with van der Waals surface area (Å²) in [5.74, 6) is 1.28. The zero-order valence-corrected chi connectivity index (χ0v) is 19.3. The van der Waals surface area contributed by atoms with Crippen LogP contribution in [0.5, 0.6) is 0 Å². The van der Waals surface area contributed by atoms with Gasteiger partial charge in [-0.3, -0.25) is 9.89 Å². The summed E-state index contributed by atoms with van der Waals surface area (Å²) in [6.07, 6.45) is 3.06. The molecular formula is C25H29N5OS. The number of rotatable bonds is 4. The summed E-state index contributed by atoms with van der Waals surface area (Å²) in [4.78, 5) is 17.6. The van der Waals surface area contributed by atoms with E-state index in [2.05, 4.69) is 58.4 Å². The highest BCUT2D eigenvalue weighted by Crippen LogP contribution is 2.28. The van der Waals surface area contributed by atoms with Crippen LogP contribution in [0.1, 0.15) is 53.0 Å². The minimum absolute atomic E-state index is 0.0995. The number of nitrogens with zero attached hydrogens (tertiary/aromatic N) is 4. The molecule has 166 valence electrons. The highest BCUT2D eigenvalue weighted by molar-refractivity contribution is 7.71. The fourth-order valence-corrected chi connectivity index (χ4v) is 5.30. The number of benzene rings is 2. The van der Waals surface area contributed by atoms with Crippen molar-refractivity contribution in [1.82, 2.24) is 19.7 Å². The molecule has 0 spiro atoms. The molecule has 0 saturated carbocycles. The number of likely N-dealkylation sites (tertiary alicyclic amines) is 1. The number of amides is 1.